The van der Waals surface area contributed by atoms with Crippen molar-refractivity contribution in [2.45, 2.75) is 32.5 Å². The summed E-state index contributed by atoms with van der Waals surface area (Å²) >= 11 is 0. The Hall–Kier alpha value is -2.57. The molecule has 4 heterocycles. The standard InChI is InChI=1S/C23H29N5O/c1-16-18(22(29)28-11-4-10-24-23(28)26-16)9-14-27-12-7-17(8-13-27)20-15-25-21-6-3-2-5-19(20)21/h2-3,5-7,15,23-26H,4,8-14H2,1H3. The van der Waals surface area contributed by atoms with Crippen molar-refractivity contribution in [3.8, 4) is 0 Å². The van der Waals surface area contributed by atoms with Gasteiger partial charge in [0.1, 0.15) is 0 Å². The molecule has 1 aromatic carbocycles. The van der Waals surface area contributed by atoms with E-state index in [-0.39, 0.29) is 12.2 Å². The van der Waals surface area contributed by atoms with Crippen LogP contribution < -0.4 is 10.6 Å². The van der Waals surface area contributed by atoms with Crippen LogP contribution in [0.3, 0.4) is 0 Å². The Labute approximate surface area is 171 Å². The zero-order valence-corrected chi connectivity index (χ0v) is 17.0. The number of H-pyrrole nitrogens is 1. The van der Waals surface area contributed by atoms with Crippen molar-refractivity contribution in [3.05, 3.63) is 53.4 Å². The molecule has 1 saturated heterocycles. The monoisotopic (exact) mass is 391 g/mol. The summed E-state index contributed by atoms with van der Waals surface area (Å²) in [6.07, 6.45) is 7.32. The molecule has 6 heteroatoms. The highest BCUT2D eigenvalue weighted by molar-refractivity contribution is 5.95. The lowest BCUT2D eigenvalue weighted by molar-refractivity contribution is -0.133. The topological polar surface area (TPSA) is 63.4 Å². The van der Waals surface area contributed by atoms with Crippen LogP contribution >= 0.6 is 0 Å². The Morgan fingerprint density at radius 2 is 2.10 bits per heavy atom. The third-order valence-electron chi connectivity index (χ3n) is 6.46. The van der Waals surface area contributed by atoms with Crippen molar-refractivity contribution in [1.29, 1.82) is 0 Å². The average Bonchev–Trinajstić information content (AvgIpc) is 3.18. The first kappa shape index (κ1) is 18.5. The van der Waals surface area contributed by atoms with Crippen molar-refractivity contribution in [2.75, 3.05) is 32.7 Å². The average molecular weight is 392 g/mol. The van der Waals surface area contributed by atoms with E-state index in [0.717, 1.165) is 63.3 Å². The van der Waals surface area contributed by atoms with Gasteiger partial charge in [-0.25, -0.2) is 0 Å². The van der Waals surface area contributed by atoms with Gasteiger partial charge in [0.2, 0.25) is 0 Å². The predicted octanol–water partition coefficient (Wildman–Crippen LogP) is 2.63. The second kappa shape index (κ2) is 7.69. The largest absolute Gasteiger partial charge is 0.361 e. The van der Waals surface area contributed by atoms with Gasteiger partial charge >= 0.3 is 0 Å². The van der Waals surface area contributed by atoms with Crippen LogP contribution in [-0.4, -0.2) is 59.7 Å². The first-order valence-electron chi connectivity index (χ1n) is 10.7. The number of hydrogen-bond donors (Lipinski definition) is 3. The molecule has 1 atom stereocenters. The van der Waals surface area contributed by atoms with Crippen molar-refractivity contribution in [2.24, 2.45) is 0 Å². The number of nitrogens with one attached hydrogen (secondary N) is 3. The molecular weight excluding hydrogens is 362 g/mol. The van der Waals surface area contributed by atoms with E-state index in [9.17, 15) is 4.79 Å². The Morgan fingerprint density at radius 1 is 1.21 bits per heavy atom. The smallest absolute Gasteiger partial charge is 0.254 e. The molecule has 0 aliphatic carbocycles. The van der Waals surface area contributed by atoms with Crippen LogP contribution in [0.15, 0.2) is 47.8 Å². The maximum absolute atomic E-state index is 12.9. The highest BCUT2D eigenvalue weighted by atomic mass is 16.2. The fourth-order valence-electron chi connectivity index (χ4n) is 4.76. The number of hydrogen-bond acceptors (Lipinski definition) is 4. The van der Waals surface area contributed by atoms with Crippen LogP contribution in [0, 0.1) is 0 Å². The number of nitrogens with zero attached hydrogens (tertiary/aromatic N) is 2. The lowest BCUT2D eigenvalue weighted by atomic mass is 9.98. The number of benzene rings is 1. The molecule has 0 bridgehead atoms. The molecule has 1 fully saturated rings. The fraction of sp³-hybridized carbons (Fsp3) is 0.435. The van der Waals surface area contributed by atoms with Crippen molar-refractivity contribution in [1.82, 2.24) is 25.4 Å². The molecule has 1 aromatic heterocycles. The van der Waals surface area contributed by atoms with E-state index >= 15 is 0 Å². The summed E-state index contributed by atoms with van der Waals surface area (Å²) in [6, 6.07) is 8.49. The molecule has 3 N–H and O–H groups in total. The molecule has 5 rings (SSSR count). The summed E-state index contributed by atoms with van der Waals surface area (Å²) in [4.78, 5) is 20.7. The highest BCUT2D eigenvalue weighted by Gasteiger charge is 2.33. The van der Waals surface area contributed by atoms with E-state index in [1.165, 1.54) is 22.0 Å². The molecular formula is C23H29N5O. The molecule has 1 unspecified atom stereocenters. The maximum atomic E-state index is 12.9. The third kappa shape index (κ3) is 3.47. The quantitative estimate of drug-likeness (QED) is 0.750. The predicted molar refractivity (Wildman–Crippen MR) is 116 cm³/mol. The van der Waals surface area contributed by atoms with Crippen LogP contribution in [0.25, 0.3) is 16.5 Å². The van der Waals surface area contributed by atoms with Crippen molar-refractivity contribution >= 4 is 22.4 Å². The molecule has 2 aromatic rings. The van der Waals surface area contributed by atoms with E-state index in [1.54, 1.807) is 0 Å². The molecule has 6 nitrogen and oxygen atoms in total. The molecule has 3 aliphatic rings. The number of fused-ring (bicyclic) bond motifs is 2. The van der Waals surface area contributed by atoms with Crippen LogP contribution in [0.1, 0.15) is 31.7 Å². The van der Waals surface area contributed by atoms with Gasteiger partial charge in [-0.3, -0.25) is 15.0 Å². The number of amides is 1. The van der Waals surface area contributed by atoms with Gasteiger partial charge in [0.15, 0.2) is 6.29 Å². The lowest BCUT2D eigenvalue weighted by Gasteiger charge is -2.42. The molecule has 0 spiro atoms. The Balaban J connectivity index is 1.23. The number of carbonyl (C=O) groups is 1. The number of para-hydroxylation sites is 1. The second-order valence-electron chi connectivity index (χ2n) is 8.23. The molecule has 152 valence electrons. The van der Waals surface area contributed by atoms with Gasteiger partial charge in [-0.15, -0.1) is 0 Å². The van der Waals surface area contributed by atoms with E-state index in [0.29, 0.717) is 0 Å². The lowest BCUT2D eigenvalue weighted by Crippen LogP contribution is -2.63. The van der Waals surface area contributed by atoms with Crippen molar-refractivity contribution < 1.29 is 4.79 Å². The summed E-state index contributed by atoms with van der Waals surface area (Å²) < 4.78 is 0. The summed E-state index contributed by atoms with van der Waals surface area (Å²) in [5, 5.41) is 8.15. The Bertz CT molecular complexity index is 988. The minimum atomic E-state index is -0.0309. The summed E-state index contributed by atoms with van der Waals surface area (Å²) in [5.41, 5.74) is 5.91. The maximum Gasteiger partial charge on any atom is 0.254 e. The van der Waals surface area contributed by atoms with Crippen LogP contribution in [0.5, 0.6) is 0 Å². The van der Waals surface area contributed by atoms with E-state index in [2.05, 4.69) is 57.1 Å². The van der Waals surface area contributed by atoms with E-state index in [1.807, 2.05) is 11.8 Å². The van der Waals surface area contributed by atoms with Gasteiger partial charge in [-0.05, 0) is 37.8 Å². The normalized spacial score (nSPS) is 23.2. The fourth-order valence-corrected chi connectivity index (χ4v) is 4.76. The third-order valence-corrected chi connectivity index (χ3v) is 6.46. The van der Waals surface area contributed by atoms with Crippen LogP contribution in [0.4, 0.5) is 0 Å². The number of allylic oxidation sites excluding steroid dienone is 1. The Morgan fingerprint density at radius 3 is 2.97 bits per heavy atom. The summed E-state index contributed by atoms with van der Waals surface area (Å²) in [5.74, 6) is 0.200. The first-order chi connectivity index (χ1) is 14.2. The van der Waals surface area contributed by atoms with Crippen LogP contribution in [0.2, 0.25) is 0 Å². The zero-order chi connectivity index (χ0) is 19.8. The Kier molecular flexibility index (Phi) is 4.89. The van der Waals surface area contributed by atoms with Gasteiger partial charge < -0.3 is 15.2 Å². The SMILES string of the molecule is CC1=C(CCN2CC=C(c3c[nH]c4ccccc34)CC2)C(=O)N2CCCNC2N1. The van der Waals surface area contributed by atoms with Gasteiger partial charge in [0.05, 0.1) is 0 Å². The summed E-state index contributed by atoms with van der Waals surface area (Å²) in [7, 11) is 0. The first-order valence-corrected chi connectivity index (χ1v) is 10.7. The minimum Gasteiger partial charge on any atom is -0.361 e. The van der Waals surface area contributed by atoms with Crippen molar-refractivity contribution in [3.63, 3.8) is 0 Å². The second-order valence-corrected chi connectivity index (χ2v) is 8.23. The minimum absolute atomic E-state index is 0.0309. The molecule has 1 amide bonds. The van der Waals surface area contributed by atoms with Gasteiger partial charge in [-0.2, -0.15) is 0 Å². The van der Waals surface area contributed by atoms with E-state index < -0.39 is 0 Å². The molecule has 0 radical (unpaired) electrons. The van der Waals surface area contributed by atoms with Gasteiger partial charge in [0, 0.05) is 66.7 Å². The van der Waals surface area contributed by atoms with Gasteiger partial charge in [0.25, 0.3) is 5.91 Å². The number of aromatic nitrogens is 1. The molecule has 29 heavy (non-hydrogen) atoms. The zero-order valence-electron chi connectivity index (χ0n) is 17.0. The number of aromatic amines is 1. The highest BCUT2D eigenvalue weighted by Crippen LogP contribution is 2.29. The number of rotatable bonds is 4. The van der Waals surface area contributed by atoms with Crippen LogP contribution in [-0.2, 0) is 4.79 Å². The summed E-state index contributed by atoms with van der Waals surface area (Å²) in [6.45, 7) is 6.73. The number of carbonyl (C=O) groups excluding carboxylic acids is 1. The van der Waals surface area contributed by atoms with E-state index in [4.69, 9.17) is 0 Å². The van der Waals surface area contributed by atoms with Gasteiger partial charge in [-0.1, -0.05) is 24.3 Å². The molecule has 0 saturated carbocycles. The molecule has 3 aliphatic heterocycles.